The second-order valence-electron chi connectivity index (χ2n) is 5.04. The zero-order valence-corrected chi connectivity index (χ0v) is 12.2. The first kappa shape index (κ1) is 15.8. The molecule has 2 rings (SSSR count). The predicted molar refractivity (Wildman–Crippen MR) is 73.8 cm³/mol. The fourth-order valence-electron chi connectivity index (χ4n) is 2.30. The van der Waals surface area contributed by atoms with E-state index < -0.39 is 31.3 Å². The van der Waals surface area contributed by atoms with Gasteiger partial charge in [-0.25, -0.2) is 13.1 Å². The van der Waals surface area contributed by atoms with Gasteiger partial charge < -0.3 is 5.32 Å². The Morgan fingerprint density at radius 3 is 2.81 bits per heavy atom. The molecule has 0 spiro atoms. The highest BCUT2D eigenvalue weighted by Gasteiger charge is 2.33. The van der Waals surface area contributed by atoms with Crippen molar-refractivity contribution in [3.63, 3.8) is 0 Å². The summed E-state index contributed by atoms with van der Waals surface area (Å²) in [5.74, 6) is -1.08. The van der Waals surface area contributed by atoms with Gasteiger partial charge >= 0.3 is 5.69 Å². The van der Waals surface area contributed by atoms with E-state index in [1.165, 1.54) is 0 Å². The molecule has 0 aromatic heterocycles. The number of rotatable bonds is 4. The molecule has 2 N–H and O–H groups in total. The van der Waals surface area contributed by atoms with Gasteiger partial charge in [0.15, 0.2) is 4.90 Å². The minimum atomic E-state index is -4.16. The average Bonchev–Trinajstić information content (AvgIpc) is 2.40. The van der Waals surface area contributed by atoms with Gasteiger partial charge in [0, 0.05) is 12.6 Å². The second-order valence-corrected chi connectivity index (χ2v) is 6.72. The molecule has 2 unspecified atom stereocenters. The van der Waals surface area contributed by atoms with E-state index in [9.17, 15) is 22.9 Å². The lowest BCUT2D eigenvalue weighted by Gasteiger charge is -2.29. The number of hydrogen-bond acceptors (Lipinski definition) is 5. The van der Waals surface area contributed by atoms with Crippen LogP contribution >= 0.6 is 0 Å². The summed E-state index contributed by atoms with van der Waals surface area (Å²) in [7, 11) is -4.16. The zero-order valence-electron chi connectivity index (χ0n) is 11.4. The maximum atomic E-state index is 13.5. The highest BCUT2D eigenvalue weighted by atomic mass is 32.2. The van der Waals surface area contributed by atoms with Crippen LogP contribution in [0.5, 0.6) is 0 Å². The lowest BCUT2D eigenvalue weighted by molar-refractivity contribution is -0.390. The van der Waals surface area contributed by atoms with Gasteiger partial charge in [0.25, 0.3) is 0 Å². The summed E-state index contributed by atoms with van der Waals surface area (Å²) in [4.78, 5) is 9.24. The fraction of sp³-hybridized carbons (Fsp3) is 0.500. The van der Waals surface area contributed by atoms with Gasteiger partial charge in [-0.15, -0.1) is 0 Å². The molecule has 1 aromatic carbocycles. The smallest absolute Gasteiger partial charge is 0.315 e. The fourth-order valence-corrected chi connectivity index (χ4v) is 3.83. The van der Waals surface area contributed by atoms with Gasteiger partial charge in [-0.1, -0.05) is 13.0 Å². The highest BCUT2D eigenvalue weighted by molar-refractivity contribution is 7.89. The van der Waals surface area contributed by atoms with Crippen LogP contribution in [-0.4, -0.2) is 32.5 Å². The summed E-state index contributed by atoms with van der Waals surface area (Å²) < 4.78 is 40.6. The predicted octanol–water partition coefficient (Wildman–Crippen LogP) is 1.01. The number of nitro benzene ring substituents is 1. The standard InChI is InChI=1S/C12H16FN3O4S/c1-8-5-6-14-7-10(8)15-21(19,20)11-4-2-3-9(13)12(11)16(17)18/h2-4,8,10,14-15H,5-7H2,1H3. The molecule has 1 saturated heterocycles. The topological polar surface area (TPSA) is 101 Å². The largest absolute Gasteiger partial charge is 0.324 e. The Hall–Kier alpha value is -1.58. The molecule has 116 valence electrons. The first-order valence-corrected chi connectivity index (χ1v) is 7.97. The van der Waals surface area contributed by atoms with Gasteiger partial charge in [0.05, 0.1) is 4.92 Å². The number of nitro groups is 1. The van der Waals surface area contributed by atoms with Crippen LogP contribution in [0.4, 0.5) is 10.1 Å². The van der Waals surface area contributed by atoms with Crippen molar-refractivity contribution in [2.45, 2.75) is 24.3 Å². The SMILES string of the molecule is CC1CCNCC1NS(=O)(=O)c1cccc(F)c1[N+](=O)[O-]. The van der Waals surface area contributed by atoms with Crippen molar-refractivity contribution in [3.05, 3.63) is 34.1 Å². The van der Waals surface area contributed by atoms with Crippen LogP contribution in [0.15, 0.2) is 23.1 Å². The van der Waals surface area contributed by atoms with E-state index in [1.54, 1.807) is 0 Å². The van der Waals surface area contributed by atoms with Crippen molar-refractivity contribution in [2.24, 2.45) is 5.92 Å². The Morgan fingerprint density at radius 1 is 1.48 bits per heavy atom. The number of nitrogens with one attached hydrogen (secondary N) is 2. The maximum absolute atomic E-state index is 13.5. The maximum Gasteiger partial charge on any atom is 0.324 e. The minimum absolute atomic E-state index is 0.0913. The molecule has 0 saturated carbocycles. The van der Waals surface area contributed by atoms with Crippen molar-refractivity contribution in [2.75, 3.05) is 13.1 Å². The molecular weight excluding hydrogens is 301 g/mol. The Kier molecular flexibility index (Phi) is 4.55. The molecule has 1 aliphatic heterocycles. The molecular formula is C12H16FN3O4S. The average molecular weight is 317 g/mol. The van der Waals surface area contributed by atoms with E-state index in [0.29, 0.717) is 6.54 Å². The number of benzene rings is 1. The van der Waals surface area contributed by atoms with Crippen LogP contribution in [0.25, 0.3) is 0 Å². The van der Waals surface area contributed by atoms with Gasteiger partial charge in [-0.3, -0.25) is 10.1 Å². The van der Waals surface area contributed by atoms with Gasteiger partial charge in [0.2, 0.25) is 15.8 Å². The molecule has 1 aromatic rings. The van der Waals surface area contributed by atoms with Gasteiger partial charge in [-0.05, 0) is 31.0 Å². The lowest BCUT2D eigenvalue weighted by Crippen LogP contribution is -2.50. The first-order valence-electron chi connectivity index (χ1n) is 6.49. The van der Waals surface area contributed by atoms with Crippen LogP contribution in [0.3, 0.4) is 0 Å². The summed E-state index contributed by atoms with van der Waals surface area (Å²) in [5.41, 5.74) is -1.03. The zero-order chi connectivity index (χ0) is 15.6. The molecule has 0 radical (unpaired) electrons. The normalized spacial score (nSPS) is 23.0. The van der Waals surface area contributed by atoms with Gasteiger partial charge in [0.1, 0.15) is 0 Å². The van der Waals surface area contributed by atoms with E-state index in [2.05, 4.69) is 10.0 Å². The Balaban J connectivity index is 2.36. The van der Waals surface area contributed by atoms with Crippen LogP contribution in [-0.2, 0) is 10.0 Å². The van der Waals surface area contributed by atoms with Crippen LogP contribution in [0.2, 0.25) is 0 Å². The van der Waals surface area contributed by atoms with E-state index >= 15 is 0 Å². The number of sulfonamides is 1. The molecule has 7 nitrogen and oxygen atoms in total. The summed E-state index contributed by atoms with van der Waals surface area (Å²) in [6.45, 7) is 3.12. The van der Waals surface area contributed by atoms with Crippen molar-refractivity contribution in [3.8, 4) is 0 Å². The molecule has 1 heterocycles. The monoisotopic (exact) mass is 317 g/mol. The van der Waals surface area contributed by atoms with Crippen molar-refractivity contribution in [1.82, 2.24) is 10.0 Å². The van der Waals surface area contributed by atoms with E-state index in [4.69, 9.17) is 0 Å². The van der Waals surface area contributed by atoms with E-state index in [1.807, 2.05) is 6.92 Å². The first-order chi connectivity index (χ1) is 9.83. The molecule has 2 atom stereocenters. The Morgan fingerprint density at radius 2 is 2.19 bits per heavy atom. The van der Waals surface area contributed by atoms with Crippen molar-refractivity contribution < 1.29 is 17.7 Å². The third-order valence-electron chi connectivity index (χ3n) is 3.56. The Bertz CT molecular complexity index is 650. The summed E-state index contributed by atoms with van der Waals surface area (Å²) >= 11 is 0. The summed E-state index contributed by atoms with van der Waals surface area (Å²) in [5, 5.41) is 14.0. The molecule has 0 amide bonds. The molecule has 0 bridgehead atoms. The van der Waals surface area contributed by atoms with E-state index in [0.717, 1.165) is 31.2 Å². The molecule has 21 heavy (non-hydrogen) atoms. The third kappa shape index (κ3) is 3.36. The highest BCUT2D eigenvalue weighted by Crippen LogP contribution is 2.27. The Labute approximate surface area is 121 Å². The van der Waals surface area contributed by atoms with Crippen LogP contribution < -0.4 is 10.0 Å². The second kappa shape index (κ2) is 6.04. The summed E-state index contributed by atoms with van der Waals surface area (Å²) in [6.07, 6.45) is 0.790. The molecule has 9 heteroatoms. The number of para-hydroxylation sites is 1. The summed E-state index contributed by atoms with van der Waals surface area (Å²) in [6, 6.07) is 2.65. The molecule has 0 aliphatic carbocycles. The number of halogens is 1. The third-order valence-corrected chi connectivity index (χ3v) is 5.08. The number of nitrogens with zero attached hydrogens (tertiary/aromatic N) is 1. The van der Waals surface area contributed by atoms with Crippen LogP contribution in [0.1, 0.15) is 13.3 Å². The van der Waals surface area contributed by atoms with Crippen molar-refractivity contribution >= 4 is 15.7 Å². The molecule has 1 fully saturated rings. The van der Waals surface area contributed by atoms with Crippen molar-refractivity contribution in [1.29, 1.82) is 0 Å². The quantitative estimate of drug-likeness (QED) is 0.637. The minimum Gasteiger partial charge on any atom is -0.315 e. The molecule has 1 aliphatic rings. The lowest BCUT2D eigenvalue weighted by atomic mass is 9.96. The number of hydrogen-bond donors (Lipinski definition) is 2. The van der Waals surface area contributed by atoms with Gasteiger partial charge in [-0.2, -0.15) is 4.39 Å². The number of piperidine rings is 1. The van der Waals surface area contributed by atoms with Crippen LogP contribution in [0, 0.1) is 21.8 Å². The van der Waals surface area contributed by atoms with E-state index in [-0.39, 0.29) is 12.0 Å².